The van der Waals surface area contributed by atoms with Gasteiger partial charge in [0.25, 0.3) is 0 Å². The second kappa shape index (κ2) is 9.65. The first-order chi connectivity index (χ1) is 5.42. The zero-order valence-corrected chi connectivity index (χ0v) is 12.7. The van der Waals surface area contributed by atoms with E-state index in [-0.39, 0.29) is 63.4 Å². The van der Waals surface area contributed by atoms with E-state index in [1.807, 2.05) is 12.1 Å². The van der Waals surface area contributed by atoms with E-state index in [1.165, 1.54) is 5.56 Å². The average Bonchev–Trinajstić information content (AvgIpc) is 2.50. The first-order valence-corrected chi connectivity index (χ1v) is 3.75. The Bertz CT molecular complexity index is 378. The van der Waals surface area contributed by atoms with Crippen molar-refractivity contribution in [1.82, 2.24) is 10.2 Å². The van der Waals surface area contributed by atoms with Crippen molar-refractivity contribution < 1.29 is 63.4 Å². The van der Waals surface area contributed by atoms with Gasteiger partial charge < -0.3 is 42.3 Å². The minimum absolute atomic E-state index is 0. The van der Waals surface area contributed by atoms with Crippen LogP contribution in [0.3, 0.4) is 0 Å². The molecule has 0 spiro atoms. The summed E-state index contributed by atoms with van der Waals surface area (Å²) >= 11 is 0. The fourth-order valence-electron chi connectivity index (χ4n) is 1.26. The Morgan fingerprint density at radius 2 is 1.93 bits per heavy atom. The Labute approximate surface area is 127 Å². The van der Waals surface area contributed by atoms with E-state index in [2.05, 4.69) is 29.4 Å². The number of hydrogen-bond donors (Lipinski definition) is 1. The van der Waals surface area contributed by atoms with Crippen molar-refractivity contribution in [1.29, 1.82) is 0 Å². The summed E-state index contributed by atoms with van der Waals surface area (Å²) in [6, 6.07) is 6.15. The zero-order valence-electron chi connectivity index (χ0n) is 8.02. The third kappa shape index (κ3) is 4.44. The number of fused-ring (bicyclic) bond motifs is 1. The smallest absolute Gasteiger partial charge is 1.00 e. The van der Waals surface area contributed by atoms with Gasteiger partial charge in [0.1, 0.15) is 0 Å². The molecule has 0 amide bonds. The molecule has 0 bridgehead atoms. The molecule has 0 aliphatic rings. The molecule has 1 N–H and O–H groups in total. The molecular formula is C9H9Cl3N2Zr. The second-order valence-electron chi connectivity index (χ2n) is 2.53. The van der Waals surface area contributed by atoms with E-state index >= 15 is 0 Å². The number of halogens is 3. The summed E-state index contributed by atoms with van der Waals surface area (Å²) in [6.07, 6.45) is 3.92. The van der Waals surface area contributed by atoms with Crippen molar-refractivity contribution in [3.8, 4) is 0 Å². The summed E-state index contributed by atoms with van der Waals surface area (Å²) in [4.78, 5) is 0. The molecule has 6 heteroatoms. The second-order valence-corrected chi connectivity index (χ2v) is 2.53. The van der Waals surface area contributed by atoms with Gasteiger partial charge in [-0.1, -0.05) is 18.6 Å². The van der Waals surface area contributed by atoms with Crippen LogP contribution in [0.1, 0.15) is 12.5 Å². The number of aromatic amines is 1. The van der Waals surface area contributed by atoms with E-state index in [9.17, 15) is 0 Å². The number of benzene rings is 1. The molecule has 2 rings (SSSR count). The first-order valence-electron chi connectivity index (χ1n) is 3.75. The largest absolute Gasteiger partial charge is 4.00 e. The van der Waals surface area contributed by atoms with Gasteiger partial charge in [0.15, 0.2) is 0 Å². The molecule has 0 atom stereocenters. The molecule has 15 heavy (non-hydrogen) atoms. The monoisotopic (exact) mass is 340 g/mol. The van der Waals surface area contributed by atoms with Gasteiger partial charge in [0.05, 0.1) is 0 Å². The molecule has 0 aliphatic heterocycles. The van der Waals surface area contributed by atoms with Crippen molar-refractivity contribution in [2.75, 3.05) is 0 Å². The number of nitrogens with zero attached hydrogens (tertiary/aromatic N) is 1. The van der Waals surface area contributed by atoms with E-state index in [0.717, 1.165) is 17.3 Å². The maximum Gasteiger partial charge on any atom is 4.00 e. The number of hydrogen-bond acceptors (Lipinski definition) is 1. The minimum atomic E-state index is 0. The van der Waals surface area contributed by atoms with Crippen LogP contribution < -0.4 is 37.2 Å². The summed E-state index contributed by atoms with van der Waals surface area (Å²) in [5.74, 6) is 0. The Morgan fingerprint density at radius 1 is 1.27 bits per heavy atom. The maximum atomic E-state index is 3.86. The third-order valence-corrected chi connectivity index (χ3v) is 1.88. The molecule has 0 radical (unpaired) electrons. The van der Waals surface area contributed by atoms with Crippen LogP contribution in [0, 0.1) is 6.20 Å². The van der Waals surface area contributed by atoms with Gasteiger partial charge in [0.2, 0.25) is 0 Å². The van der Waals surface area contributed by atoms with Crippen molar-refractivity contribution in [2.45, 2.75) is 13.3 Å². The Kier molecular flexibility index (Phi) is 13.4. The zero-order chi connectivity index (χ0) is 7.68. The topological polar surface area (TPSA) is 28.7 Å². The van der Waals surface area contributed by atoms with E-state index in [4.69, 9.17) is 0 Å². The average molecular weight is 343 g/mol. The van der Waals surface area contributed by atoms with Crippen LogP contribution in [-0.4, -0.2) is 10.2 Å². The summed E-state index contributed by atoms with van der Waals surface area (Å²) < 4.78 is 0. The number of aryl methyl sites for hydroxylation is 1. The minimum Gasteiger partial charge on any atom is -1.00 e. The van der Waals surface area contributed by atoms with Crippen LogP contribution >= 0.6 is 0 Å². The summed E-state index contributed by atoms with van der Waals surface area (Å²) in [7, 11) is 0. The molecule has 1 heterocycles. The summed E-state index contributed by atoms with van der Waals surface area (Å²) in [5.41, 5.74) is 2.42. The standard InChI is InChI=1S/C9H9N2.3ClH.Zr/c1-2-7-4-3-5-8-6-10-11-9(7)8;;;;/h3-5H,2H2,1H3,(H,10,11);3*1H;/q-1;;;;+4/p-3. The molecule has 0 saturated carbocycles. The van der Waals surface area contributed by atoms with Gasteiger partial charge >= 0.3 is 26.2 Å². The summed E-state index contributed by atoms with van der Waals surface area (Å²) in [6.45, 7) is 2.13. The molecule has 80 valence electrons. The van der Waals surface area contributed by atoms with Crippen LogP contribution in [-0.2, 0) is 32.6 Å². The number of rotatable bonds is 1. The maximum absolute atomic E-state index is 3.86. The van der Waals surface area contributed by atoms with Gasteiger partial charge in [-0.25, -0.2) is 0 Å². The van der Waals surface area contributed by atoms with Crippen molar-refractivity contribution in [3.05, 3.63) is 30.0 Å². The van der Waals surface area contributed by atoms with Gasteiger partial charge in [-0.2, -0.15) is 6.07 Å². The van der Waals surface area contributed by atoms with E-state index in [0.29, 0.717) is 0 Å². The third-order valence-electron chi connectivity index (χ3n) is 1.88. The van der Waals surface area contributed by atoms with Crippen LogP contribution in [0.25, 0.3) is 10.9 Å². The van der Waals surface area contributed by atoms with Gasteiger partial charge in [-0.05, 0) is 18.1 Å². The Morgan fingerprint density at radius 3 is 2.53 bits per heavy atom. The number of H-pyrrole nitrogens is 1. The fourth-order valence-corrected chi connectivity index (χ4v) is 1.26. The van der Waals surface area contributed by atoms with Crippen LogP contribution in [0.2, 0.25) is 0 Å². The van der Waals surface area contributed by atoms with Crippen LogP contribution in [0.15, 0.2) is 18.2 Å². The van der Waals surface area contributed by atoms with Crippen molar-refractivity contribution in [3.63, 3.8) is 0 Å². The quantitative estimate of drug-likeness (QED) is 0.513. The molecule has 1 aromatic heterocycles. The molecule has 0 saturated heterocycles. The molecule has 2 nitrogen and oxygen atoms in total. The van der Waals surface area contributed by atoms with Gasteiger partial charge in [0, 0.05) is 0 Å². The van der Waals surface area contributed by atoms with E-state index < -0.39 is 0 Å². The predicted octanol–water partition coefficient (Wildman–Crippen LogP) is -7.07. The fraction of sp³-hybridized carbons (Fsp3) is 0.222. The first kappa shape index (κ1) is 20.8. The van der Waals surface area contributed by atoms with E-state index in [1.54, 1.807) is 0 Å². The Balaban J connectivity index is -0.000000360. The number of aromatic nitrogens is 2. The van der Waals surface area contributed by atoms with Gasteiger partial charge in [-0.15, -0.1) is 11.5 Å². The van der Waals surface area contributed by atoms with Crippen molar-refractivity contribution >= 4 is 10.9 Å². The predicted molar refractivity (Wildman–Crippen MR) is 44.3 cm³/mol. The number of para-hydroxylation sites is 1. The molecule has 0 unspecified atom stereocenters. The van der Waals surface area contributed by atoms with Gasteiger partial charge in [-0.3, -0.25) is 5.10 Å². The SMILES string of the molecule is CCc1cccc2[c-]n[nH]c12.[Cl-].[Cl-].[Cl-].[Zr+4]. The Hall–Kier alpha value is 0.443. The van der Waals surface area contributed by atoms with Crippen LogP contribution in [0.4, 0.5) is 0 Å². The number of nitrogens with one attached hydrogen (secondary N) is 1. The molecule has 0 aliphatic carbocycles. The van der Waals surface area contributed by atoms with Crippen LogP contribution in [0.5, 0.6) is 0 Å². The summed E-state index contributed by atoms with van der Waals surface area (Å²) in [5, 5.41) is 7.87. The molecule has 1 aromatic carbocycles. The normalized spacial score (nSPS) is 7.80. The molecule has 2 aromatic rings. The molecular weight excluding hydrogens is 334 g/mol. The van der Waals surface area contributed by atoms with Crippen molar-refractivity contribution in [2.24, 2.45) is 0 Å². The molecule has 0 fully saturated rings.